The van der Waals surface area contributed by atoms with Crippen molar-refractivity contribution in [2.24, 2.45) is 0 Å². The number of para-hydroxylation sites is 1. The number of carbonyl (C=O) groups is 1. The molecule has 0 radical (unpaired) electrons. The van der Waals surface area contributed by atoms with Crippen molar-refractivity contribution >= 4 is 22.6 Å². The van der Waals surface area contributed by atoms with Gasteiger partial charge in [0.1, 0.15) is 6.04 Å². The number of rotatable bonds is 5. The normalized spacial score (nSPS) is 12.3. The van der Waals surface area contributed by atoms with Crippen LogP contribution < -0.4 is 5.32 Å². The molecule has 0 aliphatic rings. The topological polar surface area (TPSA) is 71.5 Å². The average molecular weight is 246 g/mol. The van der Waals surface area contributed by atoms with Crippen molar-refractivity contribution < 1.29 is 14.6 Å². The minimum Gasteiger partial charge on any atom is -0.480 e. The second-order valence-corrected chi connectivity index (χ2v) is 3.87. The largest absolute Gasteiger partial charge is 0.480 e. The van der Waals surface area contributed by atoms with Gasteiger partial charge in [0.25, 0.3) is 0 Å². The molecule has 0 aliphatic carbocycles. The number of nitrogens with one attached hydrogen (secondary N) is 1. The maximum Gasteiger partial charge on any atom is 0.328 e. The number of nitrogens with zero attached hydrogens (tertiary/aromatic N) is 1. The van der Waals surface area contributed by atoms with Crippen LogP contribution in [0, 0.1) is 0 Å². The molecule has 0 fully saturated rings. The second-order valence-electron chi connectivity index (χ2n) is 3.87. The first-order valence-corrected chi connectivity index (χ1v) is 5.54. The van der Waals surface area contributed by atoms with Crippen molar-refractivity contribution in [3.05, 3.63) is 36.5 Å². The Morgan fingerprint density at radius 1 is 1.44 bits per heavy atom. The first-order valence-electron chi connectivity index (χ1n) is 5.54. The molecule has 94 valence electrons. The zero-order chi connectivity index (χ0) is 13.0. The summed E-state index contributed by atoms with van der Waals surface area (Å²) in [5.41, 5.74) is 1.56. The Morgan fingerprint density at radius 2 is 2.22 bits per heavy atom. The summed E-state index contributed by atoms with van der Waals surface area (Å²) < 4.78 is 4.89. The van der Waals surface area contributed by atoms with Crippen LogP contribution in [0.25, 0.3) is 10.9 Å². The van der Waals surface area contributed by atoms with Crippen LogP contribution in [0.4, 0.5) is 5.69 Å². The van der Waals surface area contributed by atoms with E-state index in [4.69, 9.17) is 9.84 Å². The summed E-state index contributed by atoms with van der Waals surface area (Å²) in [6.45, 7) is 0.103. The lowest BCUT2D eigenvalue weighted by atomic mass is 10.1. The average Bonchev–Trinajstić information content (AvgIpc) is 2.38. The Kier molecular flexibility index (Phi) is 3.74. The molecule has 18 heavy (non-hydrogen) atoms. The van der Waals surface area contributed by atoms with Crippen LogP contribution in [-0.2, 0) is 9.53 Å². The van der Waals surface area contributed by atoms with Gasteiger partial charge in [-0.2, -0.15) is 0 Å². The van der Waals surface area contributed by atoms with Crippen LogP contribution in [0.1, 0.15) is 0 Å². The second kappa shape index (κ2) is 5.46. The van der Waals surface area contributed by atoms with Gasteiger partial charge in [-0.3, -0.25) is 4.98 Å². The van der Waals surface area contributed by atoms with Crippen molar-refractivity contribution in [1.29, 1.82) is 0 Å². The number of pyridine rings is 1. The Morgan fingerprint density at radius 3 is 2.94 bits per heavy atom. The number of methoxy groups -OCH3 is 1. The van der Waals surface area contributed by atoms with Gasteiger partial charge in [-0.25, -0.2) is 4.79 Å². The Hall–Kier alpha value is -2.14. The number of carboxylic acid groups (broad SMARTS) is 1. The molecule has 1 unspecified atom stereocenters. The highest BCUT2D eigenvalue weighted by Gasteiger charge is 2.17. The van der Waals surface area contributed by atoms with E-state index in [9.17, 15) is 4.79 Å². The van der Waals surface area contributed by atoms with Crippen LogP contribution >= 0.6 is 0 Å². The minimum atomic E-state index is -0.947. The molecule has 2 aromatic rings. The third-order valence-electron chi connectivity index (χ3n) is 2.61. The van der Waals surface area contributed by atoms with E-state index in [1.54, 1.807) is 12.3 Å². The summed E-state index contributed by atoms with van der Waals surface area (Å²) in [6.07, 6.45) is 1.65. The van der Waals surface area contributed by atoms with Gasteiger partial charge in [-0.05, 0) is 12.1 Å². The van der Waals surface area contributed by atoms with Crippen LogP contribution in [0.3, 0.4) is 0 Å². The number of anilines is 1. The van der Waals surface area contributed by atoms with Crippen molar-refractivity contribution in [2.75, 3.05) is 19.0 Å². The molecule has 5 heteroatoms. The molecule has 1 aromatic heterocycles. The molecule has 2 N–H and O–H groups in total. The van der Waals surface area contributed by atoms with E-state index in [2.05, 4.69) is 10.3 Å². The van der Waals surface area contributed by atoms with Gasteiger partial charge >= 0.3 is 5.97 Å². The number of benzene rings is 1. The monoisotopic (exact) mass is 246 g/mol. The molecule has 0 saturated heterocycles. The lowest BCUT2D eigenvalue weighted by molar-refractivity contribution is -0.139. The van der Waals surface area contributed by atoms with Crippen molar-refractivity contribution in [3.63, 3.8) is 0 Å². The molecule has 0 aliphatic heterocycles. The van der Waals surface area contributed by atoms with Gasteiger partial charge in [0, 0.05) is 24.4 Å². The number of hydrogen-bond donors (Lipinski definition) is 2. The van der Waals surface area contributed by atoms with Crippen LogP contribution in [0.2, 0.25) is 0 Å². The summed E-state index contributed by atoms with van der Waals surface area (Å²) in [6, 6.07) is 8.54. The van der Waals surface area contributed by atoms with Crippen molar-refractivity contribution in [3.8, 4) is 0 Å². The summed E-state index contributed by atoms with van der Waals surface area (Å²) in [5, 5.41) is 12.9. The highest BCUT2D eigenvalue weighted by molar-refractivity contribution is 5.92. The SMILES string of the molecule is COCC(Nc1ccnc2ccccc12)C(=O)O. The van der Waals surface area contributed by atoms with Crippen molar-refractivity contribution in [2.45, 2.75) is 6.04 Å². The molecule has 0 spiro atoms. The van der Waals surface area contributed by atoms with Gasteiger partial charge in [0.15, 0.2) is 0 Å². The number of fused-ring (bicyclic) bond motifs is 1. The van der Waals surface area contributed by atoms with Gasteiger partial charge in [-0.1, -0.05) is 18.2 Å². The first kappa shape index (κ1) is 12.3. The smallest absolute Gasteiger partial charge is 0.328 e. The molecule has 1 heterocycles. The van der Waals surface area contributed by atoms with E-state index in [1.165, 1.54) is 7.11 Å². The number of hydrogen-bond acceptors (Lipinski definition) is 4. The van der Waals surface area contributed by atoms with E-state index < -0.39 is 12.0 Å². The van der Waals surface area contributed by atoms with Gasteiger partial charge < -0.3 is 15.2 Å². The van der Waals surface area contributed by atoms with E-state index in [0.29, 0.717) is 0 Å². The molecular formula is C13H14N2O3. The number of aromatic nitrogens is 1. The molecule has 0 saturated carbocycles. The zero-order valence-electron chi connectivity index (χ0n) is 9.96. The highest BCUT2D eigenvalue weighted by atomic mass is 16.5. The van der Waals surface area contributed by atoms with Crippen LogP contribution in [-0.4, -0.2) is 35.8 Å². The van der Waals surface area contributed by atoms with E-state index in [1.807, 2.05) is 24.3 Å². The first-order chi connectivity index (χ1) is 8.72. The Labute approximate surface area is 104 Å². The standard InChI is InChI=1S/C13H14N2O3/c1-18-8-12(13(16)17)15-11-6-7-14-10-5-3-2-4-9(10)11/h2-7,12H,8H2,1H3,(H,14,15)(H,16,17). The fourth-order valence-electron chi connectivity index (χ4n) is 1.75. The van der Waals surface area contributed by atoms with E-state index in [-0.39, 0.29) is 6.61 Å². The predicted octanol–water partition coefficient (Wildman–Crippen LogP) is 1.75. The quantitative estimate of drug-likeness (QED) is 0.841. The van der Waals surface area contributed by atoms with Gasteiger partial charge in [0.2, 0.25) is 0 Å². The third-order valence-corrected chi connectivity index (χ3v) is 2.61. The lowest BCUT2D eigenvalue weighted by Gasteiger charge is -2.16. The molecule has 1 aromatic carbocycles. The fourth-order valence-corrected chi connectivity index (χ4v) is 1.75. The van der Waals surface area contributed by atoms with E-state index in [0.717, 1.165) is 16.6 Å². The highest BCUT2D eigenvalue weighted by Crippen LogP contribution is 2.21. The number of carboxylic acids is 1. The van der Waals surface area contributed by atoms with Gasteiger partial charge in [0.05, 0.1) is 12.1 Å². The van der Waals surface area contributed by atoms with Crippen LogP contribution in [0.5, 0.6) is 0 Å². The minimum absolute atomic E-state index is 0.103. The lowest BCUT2D eigenvalue weighted by Crippen LogP contribution is -2.33. The maximum absolute atomic E-state index is 11.1. The number of aliphatic carboxylic acids is 1. The molecule has 5 nitrogen and oxygen atoms in total. The fraction of sp³-hybridized carbons (Fsp3) is 0.231. The van der Waals surface area contributed by atoms with Crippen LogP contribution in [0.15, 0.2) is 36.5 Å². The summed E-state index contributed by atoms with van der Waals surface area (Å²) in [5.74, 6) is -0.947. The third kappa shape index (κ3) is 2.57. The summed E-state index contributed by atoms with van der Waals surface area (Å²) in [4.78, 5) is 15.3. The Bertz CT molecular complexity index is 551. The predicted molar refractivity (Wildman–Crippen MR) is 68.7 cm³/mol. The molecule has 0 bridgehead atoms. The molecule has 1 atom stereocenters. The zero-order valence-corrected chi connectivity index (χ0v) is 9.96. The van der Waals surface area contributed by atoms with E-state index >= 15 is 0 Å². The molecule has 0 amide bonds. The van der Waals surface area contributed by atoms with Gasteiger partial charge in [-0.15, -0.1) is 0 Å². The van der Waals surface area contributed by atoms with Crippen molar-refractivity contribution in [1.82, 2.24) is 4.98 Å². The summed E-state index contributed by atoms with van der Waals surface area (Å²) in [7, 11) is 1.47. The molecular weight excluding hydrogens is 232 g/mol. The maximum atomic E-state index is 11.1. The Balaban J connectivity index is 2.33. The summed E-state index contributed by atoms with van der Waals surface area (Å²) >= 11 is 0. The number of ether oxygens (including phenoxy) is 1. The molecule has 2 rings (SSSR count).